The summed E-state index contributed by atoms with van der Waals surface area (Å²) in [6.45, 7) is 9.89. The maximum absolute atomic E-state index is 12.9. The molecule has 0 saturated heterocycles. The topological polar surface area (TPSA) is 17.8 Å². The van der Waals surface area contributed by atoms with Gasteiger partial charge < -0.3 is 0 Å². The highest BCUT2D eigenvalue weighted by molar-refractivity contribution is 7.92. The molecular weight excluding hydrogens is 278 g/mol. The van der Waals surface area contributed by atoms with Crippen LogP contribution in [0.3, 0.4) is 0 Å². The first kappa shape index (κ1) is 16.7. The molecule has 0 atom stereocenters. The monoisotopic (exact) mass is 298 g/mol. The second kappa shape index (κ2) is 7.43. The van der Waals surface area contributed by atoms with Crippen LogP contribution in [-0.2, 0) is 0 Å². The van der Waals surface area contributed by atoms with Gasteiger partial charge in [0.25, 0.3) is 0 Å². The van der Waals surface area contributed by atoms with Crippen molar-refractivity contribution in [2.24, 2.45) is 0 Å². The Morgan fingerprint density at radius 1 is 1.15 bits per heavy atom. The molecule has 1 aromatic carbocycles. The highest BCUT2D eigenvalue weighted by Gasteiger charge is 2.18. The van der Waals surface area contributed by atoms with E-state index in [2.05, 4.69) is 5.10 Å². The number of hydrogen-bond donors (Lipinski definition) is 0. The van der Waals surface area contributed by atoms with Crippen molar-refractivity contribution in [2.45, 2.75) is 40.5 Å². The maximum atomic E-state index is 12.9. The summed E-state index contributed by atoms with van der Waals surface area (Å²) in [6.07, 6.45) is 0. The number of rotatable bonds is 3. The van der Waals surface area contributed by atoms with Crippen LogP contribution in [0.1, 0.15) is 44.9 Å². The fourth-order valence-corrected chi connectivity index (χ4v) is 2.61. The van der Waals surface area contributed by atoms with E-state index in [1.165, 1.54) is 16.2 Å². The van der Waals surface area contributed by atoms with E-state index in [0.29, 0.717) is 5.69 Å². The van der Waals surface area contributed by atoms with E-state index in [-0.39, 0.29) is 24.1 Å². The average Bonchev–Trinajstić information content (AvgIpc) is 2.79. The van der Waals surface area contributed by atoms with Crippen molar-refractivity contribution in [3.8, 4) is 11.3 Å². The van der Waals surface area contributed by atoms with E-state index in [9.17, 15) is 8.28 Å². The van der Waals surface area contributed by atoms with Gasteiger partial charge in [0.05, 0.1) is 11.4 Å². The minimum absolute atomic E-state index is 0.0880. The summed E-state index contributed by atoms with van der Waals surface area (Å²) in [6, 6.07) is 6.07. The molecule has 2 aromatic rings. The lowest BCUT2D eigenvalue weighted by atomic mass is 10.0. The molecule has 2 nitrogen and oxygen atoms in total. The standard InChI is InChI=1S/C13H14F2N2S.C2H6/c1-8(2)13-9(3)12(16-17(13)18-15)10-4-6-11(14)7-5-10;1-2/h4-8H,1-3H3;1-2H3. The lowest BCUT2D eigenvalue weighted by molar-refractivity contribution is 0.628. The highest BCUT2D eigenvalue weighted by Crippen LogP contribution is 2.31. The van der Waals surface area contributed by atoms with Crippen molar-refractivity contribution in [1.82, 2.24) is 9.19 Å². The molecule has 0 N–H and O–H groups in total. The van der Waals surface area contributed by atoms with Gasteiger partial charge in [0.1, 0.15) is 5.82 Å². The predicted molar refractivity (Wildman–Crippen MR) is 81.9 cm³/mol. The van der Waals surface area contributed by atoms with E-state index in [0.717, 1.165) is 16.8 Å². The minimum atomic E-state index is -0.292. The Morgan fingerprint density at radius 2 is 1.70 bits per heavy atom. The maximum Gasteiger partial charge on any atom is 0.187 e. The van der Waals surface area contributed by atoms with Crippen molar-refractivity contribution in [1.29, 1.82) is 0 Å². The van der Waals surface area contributed by atoms with Crippen LogP contribution in [0.2, 0.25) is 0 Å². The van der Waals surface area contributed by atoms with Crippen LogP contribution >= 0.6 is 12.3 Å². The normalized spacial score (nSPS) is 10.4. The first-order valence-corrected chi connectivity index (χ1v) is 7.36. The molecule has 0 aliphatic carbocycles. The third-order valence-electron chi connectivity index (χ3n) is 2.87. The zero-order chi connectivity index (χ0) is 15.3. The molecule has 0 aliphatic heterocycles. The summed E-state index contributed by atoms with van der Waals surface area (Å²) >= 11 is 0.0880. The van der Waals surface area contributed by atoms with Gasteiger partial charge in [-0.05, 0) is 42.7 Å². The lowest BCUT2D eigenvalue weighted by Crippen LogP contribution is -1.98. The third-order valence-corrected chi connectivity index (χ3v) is 3.28. The van der Waals surface area contributed by atoms with Gasteiger partial charge in [0.2, 0.25) is 0 Å². The second-order valence-corrected chi connectivity index (χ2v) is 4.95. The molecule has 0 radical (unpaired) electrons. The SMILES string of the molecule is CC.Cc1c(-c2ccc(F)cc2)nn(SF)c1C(C)C. The summed E-state index contributed by atoms with van der Waals surface area (Å²) < 4.78 is 27.1. The van der Waals surface area contributed by atoms with Gasteiger partial charge in [-0.3, -0.25) is 0 Å². The molecule has 0 amide bonds. The molecule has 0 aliphatic rings. The Labute approximate surface area is 123 Å². The summed E-state index contributed by atoms with van der Waals surface area (Å²) in [7, 11) is 0. The van der Waals surface area contributed by atoms with E-state index >= 15 is 0 Å². The number of aromatic nitrogens is 2. The highest BCUT2D eigenvalue weighted by atomic mass is 32.2. The van der Waals surface area contributed by atoms with Crippen molar-refractivity contribution < 1.29 is 8.28 Å². The first-order chi connectivity index (χ1) is 9.54. The summed E-state index contributed by atoms with van der Waals surface area (Å²) in [5.41, 5.74) is 3.27. The van der Waals surface area contributed by atoms with Crippen LogP contribution in [0.5, 0.6) is 0 Å². The molecule has 0 unspecified atom stereocenters. The van der Waals surface area contributed by atoms with Crippen LogP contribution in [0.25, 0.3) is 11.3 Å². The Kier molecular flexibility index (Phi) is 6.20. The Hall–Kier alpha value is -1.36. The number of halogens is 2. The van der Waals surface area contributed by atoms with Crippen LogP contribution in [-0.4, -0.2) is 9.19 Å². The summed E-state index contributed by atoms with van der Waals surface area (Å²) in [5, 5.41) is 4.23. The van der Waals surface area contributed by atoms with Crippen molar-refractivity contribution in [3.63, 3.8) is 0 Å². The van der Waals surface area contributed by atoms with E-state index < -0.39 is 0 Å². The van der Waals surface area contributed by atoms with Gasteiger partial charge >= 0.3 is 0 Å². The number of nitrogens with zero attached hydrogens (tertiary/aromatic N) is 2. The largest absolute Gasteiger partial charge is 0.207 e. The molecule has 0 bridgehead atoms. The predicted octanol–water partition coefficient (Wildman–Crippen LogP) is 5.53. The average molecular weight is 298 g/mol. The summed E-state index contributed by atoms with van der Waals surface area (Å²) in [4.78, 5) is 0. The van der Waals surface area contributed by atoms with Crippen LogP contribution in [0.15, 0.2) is 24.3 Å². The smallest absolute Gasteiger partial charge is 0.187 e. The van der Waals surface area contributed by atoms with Crippen LogP contribution in [0.4, 0.5) is 8.28 Å². The van der Waals surface area contributed by atoms with E-state index in [1.54, 1.807) is 12.1 Å². The van der Waals surface area contributed by atoms with Gasteiger partial charge in [0, 0.05) is 5.56 Å². The fourth-order valence-electron chi connectivity index (χ4n) is 2.07. The molecule has 5 heteroatoms. The molecule has 0 fully saturated rings. The Bertz CT molecular complexity index is 548. The molecule has 1 aromatic heterocycles. The van der Waals surface area contributed by atoms with E-state index in [4.69, 9.17) is 0 Å². The van der Waals surface area contributed by atoms with Crippen LogP contribution < -0.4 is 0 Å². The third kappa shape index (κ3) is 3.39. The van der Waals surface area contributed by atoms with Gasteiger partial charge in [-0.15, -0.1) is 3.89 Å². The van der Waals surface area contributed by atoms with Gasteiger partial charge in [-0.1, -0.05) is 27.7 Å². The Morgan fingerprint density at radius 3 is 2.10 bits per heavy atom. The second-order valence-electron chi connectivity index (χ2n) is 4.46. The molecule has 2 rings (SSSR count). The van der Waals surface area contributed by atoms with Crippen molar-refractivity contribution in [2.75, 3.05) is 0 Å². The minimum Gasteiger partial charge on any atom is -0.207 e. The van der Waals surface area contributed by atoms with Gasteiger partial charge in [0.15, 0.2) is 12.3 Å². The van der Waals surface area contributed by atoms with Gasteiger partial charge in [-0.25, -0.2) is 4.39 Å². The number of benzene rings is 1. The van der Waals surface area contributed by atoms with Gasteiger partial charge in [-0.2, -0.15) is 9.19 Å². The fraction of sp³-hybridized carbons (Fsp3) is 0.400. The molecule has 1 heterocycles. The number of hydrogen-bond acceptors (Lipinski definition) is 2. The zero-order valence-corrected chi connectivity index (χ0v) is 13.3. The molecule has 20 heavy (non-hydrogen) atoms. The molecule has 110 valence electrons. The quantitative estimate of drug-likeness (QED) is 0.741. The lowest BCUT2D eigenvalue weighted by Gasteiger charge is -2.06. The summed E-state index contributed by atoms with van der Waals surface area (Å²) in [5.74, 6) is -0.116. The Balaban J connectivity index is 0.000000956. The van der Waals surface area contributed by atoms with Crippen molar-refractivity contribution >= 4 is 12.3 Å². The van der Waals surface area contributed by atoms with E-state index in [1.807, 2.05) is 34.6 Å². The molecular formula is C15H20F2N2S. The van der Waals surface area contributed by atoms with Crippen LogP contribution in [0, 0.1) is 12.7 Å². The van der Waals surface area contributed by atoms with Crippen molar-refractivity contribution in [3.05, 3.63) is 41.3 Å². The molecule has 0 saturated carbocycles. The zero-order valence-electron chi connectivity index (χ0n) is 12.4. The molecule has 0 spiro atoms. The first-order valence-electron chi connectivity index (χ1n) is 6.69.